The minimum Gasteiger partial charge on any atom is -0.269 e. The topological polar surface area (TPSA) is 55.2 Å². The lowest BCUT2D eigenvalue weighted by molar-refractivity contribution is 0.533. The van der Waals surface area contributed by atoms with E-state index in [4.69, 9.17) is 0 Å². The number of benzene rings is 2. The van der Waals surface area contributed by atoms with Gasteiger partial charge in [-0.15, -0.1) is 0 Å². The van der Waals surface area contributed by atoms with Crippen LogP contribution < -0.4 is 4.31 Å². The van der Waals surface area contributed by atoms with Crippen LogP contribution in [0.15, 0.2) is 71.8 Å². The summed E-state index contributed by atoms with van der Waals surface area (Å²) in [6.45, 7) is 6.45. The smallest absolute Gasteiger partial charge is 0.267 e. The number of rotatable bonds is 5. The maximum atomic E-state index is 13.3. The Morgan fingerprint density at radius 2 is 1.52 bits per heavy atom. The van der Waals surface area contributed by atoms with E-state index in [9.17, 15) is 8.42 Å². The van der Waals surface area contributed by atoms with Crippen molar-refractivity contribution < 1.29 is 8.42 Å². The summed E-state index contributed by atoms with van der Waals surface area (Å²) in [7, 11) is -2.15. The lowest BCUT2D eigenvalue weighted by Crippen LogP contribution is -2.28. The van der Waals surface area contributed by atoms with E-state index in [2.05, 4.69) is 5.10 Å². The number of sulfonamides is 1. The van der Waals surface area contributed by atoms with E-state index >= 15 is 0 Å². The van der Waals surface area contributed by atoms with Gasteiger partial charge in [0.05, 0.1) is 17.9 Å². The van der Waals surface area contributed by atoms with E-state index in [1.165, 1.54) is 4.31 Å². The van der Waals surface area contributed by atoms with Gasteiger partial charge in [-0.25, -0.2) is 8.42 Å². The lowest BCUT2D eigenvalue weighted by Gasteiger charge is -2.22. The molecule has 1 aromatic heterocycles. The normalized spacial score (nSPS) is 12.1. The van der Waals surface area contributed by atoms with Crippen LogP contribution >= 0.6 is 0 Å². The Morgan fingerprint density at radius 3 is 2.07 bits per heavy atom. The molecular weight excluding hydrogens is 358 g/mol. The zero-order valence-corrected chi connectivity index (χ0v) is 16.9. The number of hydrogen-bond donors (Lipinski definition) is 0. The Hall–Kier alpha value is -2.60. The molecule has 6 heteroatoms. The first kappa shape index (κ1) is 19.2. The van der Waals surface area contributed by atoms with Crippen molar-refractivity contribution in [1.29, 1.82) is 0 Å². The maximum Gasteiger partial charge on any atom is 0.267 e. The molecule has 0 aliphatic carbocycles. The van der Waals surface area contributed by atoms with Crippen LogP contribution in [0.2, 0.25) is 0 Å². The summed E-state index contributed by atoms with van der Waals surface area (Å²) in [6, 6.07) is 19.0. The summed E-state index contributed by atoms with van der Waals surface area (Å²) >= 11 is 0. The second-order valence-electron chi connectivity index (χ2n) is 7.58. The Morgan fingerprint density at radius 1 is 0.963 bits per heavy atom. The fourth-order valence-electron chi connectivity index (χ4n) is 2.89. The fourth-order valence-corrected chi connectivity index (χ4v) is 4.43. The molecule has 142 valence electrons. The van der Waals surface area contributed by atoms with Gasteiger partial charge in [-0.2, -0.15) is 5.10 Å². The molecule has 0 saturated heterocycles. The van der Waals surface area contributed by atoms with Crippen molar-refractivity contribution >= 4 is 15.7 Å². The van der Waals surface area contributed by atoms with Gasteiger partial charge in [0.25, 0.3) is 10.0 Å². The van der Waals surface area contributed by atoms with E-state index < -0.39 is 15.4 Å². The summed E-state index contributed by atoms with van der Waals surface area (Å²) in [5.41, 5.74) is 1.86. The van der Waals surface area contributed by atoms with Crippen LogP contribution in [-0.2, 0) is 22.0 Å². The van der Waals surface area contributed by atoms with Gasteiger partial charge in [-0.3, -0.25) is 8.99 Å². The highest BCUT2D eigenvalue weighted by Crippen LogP contribution is 2.31. The molecule has 3 rings (SSSR count). The van der Waals surface area contributed by atoms with Gasteiger partial charge in [-0.1, -0.05) is 69.3 Å². The van der Waals surface area contributed by atoms with Crippen molar-refractivity contribution in [1.82, 2.24) is 9.78 Å². The maximum absolute atomic E-state index is 13.3. The first-order valence-electron chi connectivity index (χ1n) is 8.85. The molecule has 3 aromatic rings. The lowest BCUT2D eigenvalue weighted by atomic mass is 9.92. The second-order valence-corrected chi connectivity index (χ2v) is 9.52. The Labute approximate surface area is 161 Å². The number of anilines is 1. The van der Waals surface area contributed by atoms with Crippen LogP contribution in [0.4, 0.5) is 5.69 Å². The van der Waals surface area contributed by atoms with E-state index in [-0.39, 0.29) is 4.90 Å². The average Bonchev–Trinajstić information content (AvgIpc) is 3.08. The first-order chi connectivity index (χ1) is 12.7. The molecule has 0 bridgehead atoms. The molecule has 0 spiro atoms. The van der Waals surface area contributed by atoms with Gasteiger partial charge in [0.2, 0.25) is 0 Å². The van der Waals surface area contributed by atoms with Gasteiger partial charge in [0.1, 0.15) is 4.90 Å². The molecule has 0 fully saturated rings. The Kier molecular flexibility index (Phi) is 5.11. The number of para-hydroxylation sites is 1. The van der Waals surface area contributed by atoms with E-state index in [1.54, 1.807) is 30.1 Å². The minimum atomic E-state index is -3.73. The summed E-state index contributed by atoms with van der Waals surface area (Å²) in [5, 5.41) is 4.63. The Bertz CT molecular complexity index is 1000. The third kappa shape index (κ3) is 4.06. The van der Waals surface area contributed by atoms with E-state index in [1.807, 2.05) is 69.3 Å². The van der Waals surface area contributed by atoms with Crippen molar-refractivity contribution in [2.75, 3.05) is 11.4 Å². The summed E-state index contributed by atoms with van der Waals surface area (Å²) < 4.78 is 29.7. The molecular formula is C21H25N3O2S. The van der Waals surface area contributed by atoms with E-state index in [0.29, 0.717) is 17.9 Å². The van der Waals surface area contributed by atoms with Crippen molar-refractivity contribution in [2.45, 2.75) is 37.6 Å². The zero-order chi connectivity index (χ0) is 19.7. The van der Waals surface area contributed by atoms with Crippen molar-refractivity contribution in [3.8, 4) is 0 Å². The molecule has 1 heterocycles. The van der Waals surface area contributed by atoms with Crippen molar-refractivity contribution in [3.63, 3.8) is 0 Å². The fraction of sp³-hybridized carbons (Fsp3) is 0.286. The van der Waals surface area contributed by atoms with Crippen LogP contribution in [-0.4, -0.2) is 25.2 Å². The van der Waals surface area contributed by atoms with Crippen LogP contribution in [0, 0.1) is 0 Å². The van der Waals surface area contributed by atoms with Gasteiger partial charge < -0.3 is 0 Å². The SMILES string of the molecule is CN(c1ccccc1)S(=O)(=O)c1cn(Cc2ccccc2)nc1C(C)(C)C. The molecule has 2 aromatic carbocycles. The molecule has 27 heavy (non-hydrogen) atoms. The minimum absolute atomic E-state index is 0.247. The highest BCUT2D eigenvalue weighted by atomic mass is 32.2. The predicted molar refractivity (Wildman–Crippen MR) is 109 cm³/mol. The third-order valence-corrected chi connectivity index (χ3v) is 6.17. The predicted octanol–water partition coefficient (Wildman–Crippen LogP) is 4.05. The third-order valence-electron chi connectivity index (χ3n) is 4.38. The van der Waals surface area contributed by atoms with Crippen molar-refractivity contribution in [2.24, 2.45) is 0 Å². The van der Waals surface area contributed by atoms with Crippen LogP contribution in [0.5, 0.6) is 0 Å². The van der Waals surface area contributed by atoms with Crippen LogP contribution in [0.3, 0.4) is 0 Å². The molecule has 0 N–H and O–H groups in total. The quantitative estimate of drug-likeness (QED) is 0.668. The molecule has 0 unspecified atom stereocenters. The summed E-state index contributed by atoms with van der Waals surface area (Å²) in [6.07, 6.45) is 1.64. The highest BCUT2D eigenvalue weighted by Gasteiger charge is 2.32. The van der Waals surface area contributed by atoms with E-state index in [0.717, 1.165) is 5.56 Å². The number of nitrogens with zero attached hydrogens (tertiary/aromatic N) is 3. The summed E-state index contributed by atoms with van der Waals surface area (Å²) in [5.74, 6) is 0. The van der Waals surface area contributed by atoms with Gasteiger partial charge in [-0.05, 0) is 17.7 Å². The highest BCUT2D eigenvalue weighted by molar-refractivity contribution is 7.92. The molecule has 0 atom stereocenters. The number of aromatic nitrogens is 2. The van der Waals surface area contributed by atoms with Crippen molar-refractivity contribution in [3.05, 3.63) is 78.1 Å². The molecule has 0 aliphatic heterocycles. The standard InChI is InChI=1S/C21H25N3O2S/c1-21(2,3)20-19(16-24(22-20)15-17-11-7-5-8-12-17)27(25,26)23(4)18-13-9-6-10-14-18/h5-14,16H,15H2,1-4H3. The second kappa shape index (κ2) is 7.19. The molecule has 0 radical (unpaired) electrons. The number of hydrogen-bond acceptors (Lipinski definition) is 3. The molecule has 5 nitrogen and oxygen atoms in total. The zero-order valence-electron chi connectivity index (χ0n) is 16.1. The van der Waals surface area contributed by atoms with Gasteiger partial charge in [0, 0.05) is 18.7 Å². The largest absolute Gasteiger partial charge is 0.269 e. The molecule has 0 amide bonds. The first-order valence-corrected chi connectivity index (χ1v) is 10.3. The van der Waals surface area contributed by atoms with Crippen LogP contribution in [0.1, 0.15) is 32.0 Å². The molecule has 0 aliphatic rings. The van der Waals surface area contributed by atoms with Crippen LogP contribution in [0.25, 0.3) is 0 Å². The average molecular weight is 384 g/mol. The van der Waals surface area contributed by atoms with Gasteiger partial charge >= 0.3 is 0 Å². The summed E-state index contributed by atoms with van der Waals surface area (Å²) in [4.78, 5) is 0.247. The molecule has 0 saturated carbocycles. The monoisotopic (exact) mass is 383 g/mol. The van der Waals surface area contributed by atoms with Gasteiger partial charge in [0.15, 0.2) is 0 Å². The Balaban J connectivity index is 2.05.